The van der Waals surface area contributed by atoms with Crippen LogP contribution in [0.15, 0.2) is 5.38 Å². The highest BCUT2D eigenvalue weighted by Crippen LogP contribution is 2.25. The van der Waals surface area contributed by atoms with E-state index in [2.05, 4.69) is 50.2 Å². The second-order valence-electron chi connectivity index (χ2n) is 5.83. The predicted octanol–water partition coefficient (Wildman–Crippen LogP) is 2.94. The van der Waals surface area contributed by atoms with E-state index >= 15 is 0 Å². The van der Waals surface area contributed by atoms with E-state index in [9.17, 15) is 4.79 Å². The third-order valence-electron chi connectivity index (χ3n) is 2.69. The second kappa shape index (κ2) is 10.4. The first-order valence-electron chi connectivity index (χ1n) is 6.78. The van der Waals surface area contributed by atoms with Gasteiger partial charge in [0, 0.05) is 23.4 Å². The molecule has 0 spiro atoms. The number of amides is 1. The molecule has 0 aliphatic carbocycles. The molecule has 1 heterocycles. The van der Waals surface area contributed by atoms with Crippen molar-refractivity contribution >= 4 is 42.1 Å². The maximum atomic E-state index is 11.8. The van der Waals surface area contributed by atoms with Crippen LogP contribution in [0.3, 0.4) is 0 Å². The Morgan fingerprint density at radius 2 is 2.00 bits per heavy atom. The molecule has 21 heavy (non-hydrogen) atoms. The van der Waals surface area contributed by atoms with Gasteiger partial charge in [0.2, 0.25) is 5.91 Å². The van der Waals surface area contributed by atoms with E-state index in [1.165, 1.54) is 0 Å². The molecular weight excluding hydrogens is 329 g/mol. The van der Waals surface area contributed by atoms with Gasteiger partial charge in [-0.1, -0.05) is 27.7 Å². The molecule has 1 aromatic heterocycles. The fraction of sp³-hybridized carbons (Fsp3) is 0.714. The Kier molecular flexibility index (Phi) is 11.3. The van der Waals surface area contributed by atoms with Crippen LogP contribution in [-0.4, -0.2) is 30.0 Å². The number of aromatic nitrogens is 1. The zero-order valence-electron chi connectivity index (χ0n) is 13.4. The van der Waals surface area contributed by atoms with Gasteiger partial charge in [-0.2, -0.15) is 0 Å². The molecule has 1 rings (SSSR count). The molecule has 124 valence electrons. The largest absolute Gasteiger partial charge is 0.354 e. The predicted molar refractivity (Wildman–Crippen MR) is 95.2 cm³/mol. The van der Waals surface area contributed by atoms with Gasteiger partial charge in [0.05, 0.1) is 17.1 Å². The van der Waals surface area contributed by atoms with Crippen LogP contribution in [0.5, 0.6) is 0 Å². The van der Waals surface area contributed by atoms with Crippen LogP contribution in [0.25, 0.3) is 0 Å². The maximum Gasteiger partial charge on any atom is 0.226 e. The minimum absolute atomic E-state index is 0. The normalized spacial score (nSPS) is 12.0. The minimum atomic E-state index is 0. The zero-order valence-corrected chi connectivity index (χ0v) is 15.8. The number of thiazole rings is 1. The number of carbonyl (C=O) groups excluding carboxylic acids is 1. The van der Waals surface area contributed by atoms with Crippen LogP contribution >= 0.6 is 36.2 Å². The summed E-state index contributed by atoms with van der Waals surface area (Å²) in [7, 11) is 0. The van der Waals surface area contributed by atoms with Crippen molar-refractivity contribution in [3.63, 3.8) is 0 Å². The minimum Gasteiger partial charge on any atom is -0.354 e. The van der Waals surface area contributed by atoms with E-state index in [-0.39, 0.29) is 36.1 Å². The number of nitrogens with one attached hydrogen (secondary N) is 2. The molecule has 0 aliphatic heterocycles. The third-order valence-corrected chi connectivity index (χ3v) is 4.01. The van der Waals surface area contributed by atoms with Crippen LogP contribution < -0.4 is 10.6 Å². The average Bonchev–Trinajstić information content (AvgIpc) is 2.75. The van der Waals surface area contributed by atoms with Gasteiger partial charge in [-0.15, -0.1) is 36.2 Å². The Morgan fingerprint density at radius 1 is 1.38 bits per heavy atom. The summed E-state index contributed by atoms with van der Waals surface area (Å²) in [6.45, 7) is 12.1. The lowest BCUT2D eigenvalue weighted by atomic mass is 9.98. The molecule has 1 aromatic rings. The standard InChI is InChI=1S/C14H25N3OS.2ClH/c1-6-15-10(2)8-16-12(18)7-11-9-19-13(17-11)14(3,4)5;;/h9-10,15H,6-8H2,1-5H3,(H,16,18);2*1H/t10-;;/m1../s1. The quantitative estimate of drug-likeness (QED) is 0.824. The number of carbonyl (C=O) groups is 1. The lowest BCUT2D eigenvalue weighted by Gasteiger charge is -2.14. The average molecular weight is 356 g/mol. The van der Waals surface area contributed by atoms with Crippen molar-refractivity contribution in [1.29, 1.82) is 0 Å². The molecule has 0 radical (unpaired) electrons. The van der Waals surface area contributed by atoms with Gasteiger partial charge in [0.15, 0.2) is 0 Å². The van der Waals surface area contributed by atoms with Gasteiger partial charge in [0.25, 0.3) is 0 Å². The number of hydrogen-bond acceptors (Lipinski definition) is 4. The van der Waals surface area contributed by atoms with Gasteiger partial charge in [0.1, 0.15) is 0 Å². The molecule has 0 unspecified atom stereocenters. The number of halogens is 2. The van der Waals surface area contributed by atoms with Crippen LogP contribution in [0.4, 0.5) is 0 Å². The van der Waals surface area contributed by atoms with Crippen LogP contribution in [0.2, 0.25) is 0 Å². The number of rotatable bonds is 6. The van der Waals surface area contributed by atoms with Crippen molar-refractivity contribution in [2.75, 3.05) is 13.1 Å². The molecular formula is C14H27Cl2N3OS. The molecule has 0 aromatic carbocycles. The van der Waals surface area contributed by atoms with Crippen molar-refractivity contribution in [3.05, 3.63) is 16.1 Å². The fourth-order valence-electron chi connectivity index (χ4n) is 1.65. The fourth-order valence-corrected chi connectivity index (χ4v) is 2.55. The number of likely N-dealkylation sites (N-methyl/N-ethyl adjacent to an activating group) is 1. The van der Waals surface area contributed by atoms with E-state index < -0.39 is 0 Å². The van der Waals surface area contributed by atoms with Crippen LogP contribution in [0, 0.1) is 0 Å². The highest BCUT2D eigenvalue weighted by Gasteiger charge is 2.18. The van der Waals surface area contributed by atoms with E-state index in [0.717, 1.165) is 17.2 Å². The lowest BCUT2D eigenvalue weighted by molar-refractivity contribution is -0.120. The first-order chi connectivity index (χ1) is 8.82. The molecule has 4 nitrogen and oxygen atoms in total. The monoisotopic (exact) mass is 355 g/mol. The summed E-state index contributed by atoms with van der Waals surface area (Å²) in [6, 6.07) is 0.300. The maximum absolute atomic E-state index is 11.8. The Bertz CT molecular complexity index is 419. The van der Waals surface area contributed by atoms with Gasteiger partial charge in [-0.25, -0.2) is 4.98 Å². The Hall–Kier alpha value is -0.360. The van der Waals surface area contributed by atoms with Crippen LogP contribution in [-0.2, 0) is 16.6 Å². The van der Waals surface area contributed by atoms with Crippen molar-refractivity contribution in [2.45, 2.75) is 52.5 Å². The van der Waals surface area contributed by atoms with Crippen molar-refractivity contribution in [3.8, 4) is 0 Å². The Morgan fingerprint density at radius 3 is 2.48 bits per heavy atom. The number of nitrogens with zero attached hydrogens (tertiary/aromatic N) is 1. The number of hydrogen-bond donors (Lipinski definition) is 2. The van der Waals surface area contributed by atoms with Gasteiger partial charge < -0.3 is 10.6 Å². The van der Waals surface area contributed by atoms with E-state index in [0.29, 0.717) is 19.0 Å². The van der Waals surface area contributed by atoms with Crippen molar-refractivity contribution in [1.82, 2.24) is 15.6 Å². The smallest absolute Gasteiger partial charge is 0.226 e. The summed E-state index contributed by atoms with van der Waals surface area (Å²) in [4.78, 5) is 16.3. The molecule has 0 bridgehead atoms. The first-order valence-corrected chi connectivity index (χ1v) is 7.66. The SMILES string of the molecule is CCN[C@H](C)CNC(=O)Cc1csc(C(C)(C)C)n1.Cl.Cl. The van der Waals surface area contributed by atoms with Gasteiger partial charge in [-0.3, -0.25) is 4.79 Å². The van der Waals surface area contributed by atoms with E-state index in [1.807, 2.05) is 5.38 Å². The van der Waals surface area contributed by atoms with Crippen molar-refractivity contribution < 1.29 is 4.79 Å². The van der Waals surface area contributed by atoms with E-state index in [4.69, 9.17) is 0 Å². The molecule has 0 aliphatic rings. The molecule has 0 saturated heterocycles. The van der Waals surface area contributed by atoms with Gasteiger partial charge in [-0.05, 0) is 13.5 Å². The van der Waals surface area contributed by atoms with Crippen molar-refractivity contribution in [2.24, 2.45) is 0 Å². The molecule has 0 saturated carbocycles. The first kappa shape index (κ1) is 22.9. The molecule has 7 heteroatoms. The third kappa shape index (κ3) is 8.61. The summed E-state index contributed by atoms with van der Waals surface area (Å²) in [6.07, 6.45) is 0.366. The van der Waals surface area contributed by atoms with E-state index in [1.54, 1.807) is 11.3 Å². The lowest BCUT2D eigenvalue weighted by Crippen LogP contribution is -2.39. The topological polar surface area (TPSA) is 54.0 Å². The Balaban J connectivity index is 0. The molecule has 2 N–H and O–H groups in total. The van der Waals surface area contributed by atoms with Crippen LogP contribution in [0.1, 0.15) is 45.3 Å². The van der Waals surface area contributed by atoms with Gasteiger partial charge >= 0.3 is 0 Å². The molecule has 1 atom stereocenters. The summed E-state index contributed by atoms with van der Waals surface area (Å²) < 4.78 is 0. The molecule has 0 fully saturated rings. The summed E-state index contributed by atoms with van der Waals surface area (Å²) >= 11 is 1.63. The summed E-state index contributed by atoms with van der Waals surface area (Å²) in [5, 5.41) is 9.25. The second-order valence-corrected chi connectivity index (χ2v) is 6.69. The molecule has 1 amide bonds. The zero-order chi connectivity index (χ0) is 14.5. The summed E-state index contributed by atoms with van der Waals surface area (Å²) in [5.41, 5.74) is 0.919. The Labute approximate surface area is 144 Å². The highest BCUT2D eigenvalue weighted by molar-refractivity contribution is 7.09. The highest BCUT2D eigenvalue weighted by atomic mass is 35.5. The summed E-state index contributed by atoms with van der Waals surface area (Å²) in [5.74, 6) is 0.0375.